The summed E-state index contributed by atoms with van der Waals surface area (Å²) >= 11 is 0. The number of guanidine groups is 1. The standard InChI is InChI=1S/C20H25N5O.HI/c1-14-6-4-11-18(23-14)25-19(26)12-13-22-20(21)24-17-10-5-8-15-7-2-3-9-16(15)17;/h4-6,8,10-11H,2-3,7,9,12-13H2,1H3,(H3,21,22,24)(H,23,25,26);1H. The summed E-state index contributed by atoms with van der Waals surface area (Å²) in [5.74, 6) is 0.767. The van der Waals surface area contributed by atoms with Crippen LogP contribution in [-0.4, -0.2) is 23.4 Å². The number of nitrogens with zero attached hydrogens (tertiary/aromatic N) is 2. The molecule has 0 radical (unpaired) electrons. The Kier molecular flexibility index (Phi) is 8.02. The van der Waals surface area contributed by atoms with E-state index in [9.17, 15) is 4.79 Å². The second-order valence-electron chi connectivity index (χ2n) is 6.50. The number of fused-ring (bicyclic) bond motifs is 1. The molecule has 1 aliphatic carbocycles. The highest BCUT2D eigenvalue weighted by Gasteiger charge is 2.13. The number of rotatable bonds is 5. The SMILES string of the molecule is Cc1cccc(NC(=O)CCN=C(N)Nc2cccc3c2CCCC3)n1.I. The average molecular weight is 479 g/mol. The molecule has 0 saturated heterocycles. The zero-order valence-corrected chi connectivity index (χ0v) is 17.8. The summed E-state index contributed by atoms with van der Waals surface area (Å²) in [6.45, 7) is 2.21. The van der Waals surface area contributed by atoms with Gasteiger partial charge in [0.1, 0.15) is 5.82 Å². The summed E-state index contributed by atoms with van der Waals surface area (Å²) in [5, 5.41) is 5.95. The Labute approximate surface area is 177 Å². The largest absolute Gasteiger partial charge is 0.370 e. The first kappa shape index (κ1) is 21.1. The van der Waals surface area contributed by atoms with E-state index >= 15 is 0 Å². The van der Waals surface area contributed by atoms with E-state index in [0.29, 0.717) is 18.3 Å². The molecule has 1 aliphatic rings. The van der Waals surface area contributed by atoms with Gasteiger partial charge in [-0.15, -0.1) is 24.0 Å². The molecular weight excluding hydrogens is 453 g/mol. The van der Waals surface area contributed by atoms with Crippen LogP contribution in [0.15, 0.2) is 41.4 Å². The number of carbonyl (C=O) groups excluding carboxylic acids is 1. The van der Waals surface area contributed by atoms with Crippen LogP contribution in [0.2, 0.25) is 0 Å². The number of halogens is 1. The Bertz CT molecular complexity index is 822. The van der Waals surface area contributed by atoms with Gasteiger partial charge in [0, 0.05) is 17.8 Å². The lowest BCUT2D eigenvalue weighted by Crippen LogP contribution is -2.25. The highest BCUT2D eigenvalue weighted by atomic mass is 127. The number of nitrogens with two attached hydrogens (primary N) is 1. The van der Waals surface area contributed by atoms with Crippen LogP contribution in [0, 0.1) is 6.92 Å². The minimum Gasteiger partial charge on any atom is -0.370 e. The summed E-state index contributed by atoms with van der Waals surface area (Å²) < 4.78 is 0. The van der Waals surface area contributed by atoms with Gasteiger partial charge in [0.25, 0.3) is 0 Å². The number of aromatic nitrogens is 1. The van der Waals surface area contributed by atoms with E-state index < -0.39 is 0 Å². The summed E-state index contributed by atoms with van der Waals surface area (Å²) in [7, 11) is 0. The first-order valence-corrected chi connectivity index (χ1v) is 9.03. The van der Waals surface area contributed by atoms with Gasteiger partial charge in [-0.1, -0.05) is 18.2 Å². The molecule has 1 amide bonds. The number of benzene rings is 1. The second-order valence-corrected chi connectivity index (χ2v) is 6.50. The summed E-state index contributed by atoms with van der Waals surface area (Å²) in [6, 6.07) is 11.8. The predicted molar refractivity (Wildman–Crippen MR) is 121 cm³/mol. The van der Waals surface area contributed by atoms with Crippen molar-refractivity contribution in [3.63, 3.8) is 0 Å². The van der Waals surface area contributed by atoms with Gasteiger partial charge < -0.3 is 16.4 Å². The Morgan fingerprint density at radius 2 is 1.93 bits per heavy atom. The summed E-state index contributed by atoms with van der Waals surface area (Å²) in [4.78, 5) is 20.5. The maximum atomic E-state index is 12.0. The molecule has 144 valence electrons. The van der Waals surface area contributed by atoms with Gasteiger partial charge in [-0.3, -0.25) is 9.79 Å². The second kappa shape index (κ2) is 10.2. The molecular formula is C20H26IN5O. The number of hydrogen-bond donors (Lipinski definition) is 3. The number of anilines is 2. The average Bonchev–Trinajstić information content (AvgIpc) is 2.62. The minimum atomic E-state index is -0.128. The Morgan fingerprint density at radius 3 is 2.74 bits per heavy atom. The molecule has 6 nitrogen and oxygen atoms in total. The van der Waals surface area contributed by atoms with Crippen molar-refractivity contribution in [1.82, 2.24) is 4.98 Å². The minimum absolute atomic E-state index is 0. The maximum absolute atomic E-state index is 12.0. The molecule has 4 N–H and O–H groups in total. The van der Waals surface area contributed by atoms with Gasteiger partial charge in [-0.25, -0.2) is 4.98 Å². The molecule has 0 fully saturated rings. The smallest absolute Gasteiger partial charge is 0.227 e. The van der Waals surface area contributed by atoms with Crippen LogP contribution in [0.1, 0.15) is 36.1 Å². The molecule has 1 aromatic heterocycles. The predicted octanol–water partition coefficient (Wildman–Crippen LogP) is 3.64. The first-order valence-electron chi connectivity index (χ1n) is 9.03. The number of hydrogen-bond acceptors (Lipinski definition) is 3. The number of aryl methyl sites for hydroxylation is 2. The third-order valence-corrected chi connectivity index (χ3v) is 4.44. The lowest BCUT2D eigenvalue weighted by atomic mass is 9.90. The van der Waals surface area contributed by atoms with Crippen LogP contribution >= 0.6 is 24.0 Å². The Balaban J connectivity index is 0.00000261. The van der Waals surface area contributed by atoms with E-state index in [1.54, 1.807) is 6.07 Å². The van der Waals surface area contributed by atoms with E-state index in [1.807, 2.05) is 31.2 Å². The van der Waals surface area contributed by atoms with Crippen molar-refractivity contribution < 1.29 is 4.79 Å². The van der Waals surface area contributed by atoms with E-state index in [-0.39, 0.29) is 36.3 Å². The van der Waals surface area contributed by atoms with Crippen LogP contribution in [0.3, 0.4) is 0 Å². The summed E-state index contributed by atoms with van der Waals surface area (Å²) in [5.41, 5.74) is 10.6. The van der Waals surface area contributed by atoms with Crippen LogP contribution in [0.4, 0.5) is 11.5 Å². The zero-order valence-electron chi connectivity index (χ0n) is 15.5. The number of amides is 1. The zero-order chi connectivity index (χ0) is 18.4. The molecule has 7 heteroatoms. The van der Waals surface area contributed by atoms with Gasteiger partial charge in [0.15, 0.2) is 5.96 Å². The molecule has 27 heavy (non-hydrogen) atoms. The first-order chi connectivity index (χ1) is 12.6. The Hall–Kier alpha value is -2.16. The molecule has 0 saturated carbocycles. The molecule has 0 aliphatic heterocycles. The molecule has 2 aromatic rings. The molecule has 3 rings (SSSR count). The summed E-state index contributed by atoms with van der Waals surface area (Å²) in [6.07, 6.45) is 4.89. The Morgan fingerprint density at radius 1 is 1.15 bits per heavy atom. The molecule has 0 spiro atoms. The van der Waals surface area contributed by atoms with E-state index in [4.69, 9.17) is 5.73 Å². The fourth-order valence-electron chi connectivity index (χ4n) is 3.17. The maximum Gasteiger partial charge on any atom is 0.227 e. The molecule has 1 aromatic carbocycles. The van der Waals surface area contributed by atoms with Crippen molar-refractivity contribution in [2.45, 2.75) is 39.0 Å². The van der Waals surface area contributed by atoms with Crippen LogP contribution in [-0.2, 0) is 17.6 Å². The van der Waals surface area contributed by atoms with Gasteiger partial charge >= 0.3 is 0 Å². The molecule has 0 atom stereocenters. The van der Waals surface area contributed by atoms with Crippen LogP contribution in [0.5, 0.6) is 0 Å². The van der Waals surface area contributed by atoms with Crippen LogP contribution in [0.25, 0.3) is 0 Å². The van der Waals surface area contributed by atoms with Crippen molar-refractivity contribution in [1.29, 1.82) is 0 Å². The highest BCUT2D eigenvalue weighted by Crippen LogP contribution is 2.27. The van der Waals surface area contributed by atoms with Gasteiger partial charge in [-0.2, -0.15) is 0 Å². The number of aliphatic imine (C=N–C) groups is 1. The third kappa shape index (κ3) is 6.20. The van der Waals surface area contributed by atoms with E-state index in [2.05, 4.69) is 26.7 Å². The van der Waals surface area contributed by atoms with Crippen LogP contribution < -0.4 is 16.4 Å². The number of carbonyl (C=O) groups is 1. The van der Waals surface area contributed by atoms with Crippen molar-refractivity contribution in [2.75, 3.05) is 17.2 Å². The fourth-order valence-corrected chi connectivity index (χ4v) is 3.17. The molecule has 1 heterocycles. The lowest BCUT2D eigenvalue weighted by Gasteiger charge is -2.19. The van der Waals surface area contributed by atoms with E-state index in [0.717, 1.165) is 24.2 Å². The van der Waals surface area contributed by atoms with Crippen molar-refractivity contribution in [2.24, 2.45) is 10.7 Å². The highest BCUT2D eigenvalue weighted by molar-refractivity contribution is 14.0. The molecule has 0 unspecified atom stereocenters. The fraction of sp³-hybridized carbons (Fsp3) is 0.350. The van der Waals surface area contributed by atoms with Crippen molar-refractivity contribution in [3.8, 4) is 0 Å². The third-order valence-electron chi connectivity index (χ3n) is 4.44. The number of nitrogens with one attached hydrogen (secondary N) is 2. The van der Waals surface area contributed by atoms with Gasteiger partial charge in [-0.05, 0) is 61.9 Å². The van der Waals surface area contributed by atoms with Gasteiger partial charge in [0.05, 0.1) is 6.54 Å². The van der Waals surface area contributed by atoms with Crippen molar-refractivity contribution in [3.05, 3.63) is 53.2 Å². The van der Waals surface area contributed by atoms with Crippen molar-refractivity contribution >= 4 is 47.3 Å². The quantitative estimate of drug-likeness (QED) is 0.347. The monoisotopic (exact) mass is 479 g/mol. The normalized spacial score (nSPS) is 13.3. The van der Waals surface area contributed by atoms with Gasteiger partial charge in [0.2, 0.25) is 5.91 Å². The topological polar surface area (TPSA) is 92.4 Å². The number of pyridine rings is 1. The molecule has 0 bridgehead atoms. The van der Waals surface area contributed by atoms with E-state index in [1.165, 1.54) is 24.0 Å². The lowest BCUT2D eigenvalue weighted by molar-refractivity contribution is -0.116.